The normalized spacial score (nSPS) is 8.90. The van der Waals surface area contributed by atoms with Gasteiger partial charge in [0.1, 0.15) is 6.29 Å². The molecule has 0 atom stereocenters. The van der Waals surface area contributed by atoms with E-state index in [0.29, 0.717) is 12.2 Å². The molecule has 3 nitrogen and oxygen atoms in total. The van der Waals surface area contributed by atoms with Gasteiger partial charge < -0.3 is 10.1 Å². The summed E-state index contributed by atoms with van der Waals surface area (Å²) in [7, 11) is 1.60. The molecule has 0 aliphatic carbocycles. The van der Waals surface area contributed by atoms with E-state index >= 15 is 0 Å². The number of carbonyl (C=O) groups is 2. The van der Waals surface area contributed by atoms with Gasteiger partial charge in [0.15, 0.2) is 0 Å². The van der Waals surface area contributed by atoms with Gasteiger partial charge in [0, 0.05) is 25.0 Å². The quantitative estimate of drug-likeness (QED) is 0.458. The minimum absolute atomic E-state index is 0.0263. The summed E-state index contributed by atoms with van der Waals surface area (Å²) < 4.78 is 0. The van der Waals surface area contributed by atoms with Gasteiger partial charge in [0.25, 0.3) is 0 Å². The smallest absolute Gasteiger partial charge is 0.220 e. The molecular formula is C6H11NO2S. The van der Waals surface area contributed by atoms with Gasteiger partial charge >= 0.3 is 0 Å². The molecule has 10 heavy (non-hydrogen) atoms. The molecule has 0 unspecified atom stereocenters. The number of thioether (sulfide) groups is 1. The Morgan fingerprint density at radius 3 is 2.90 bits per heavy atom. The summed E-state index contributed by atoms with van der Waals surface area (Å²) in [5.74, 6) is 1.23. The second-order valence-electron chi connectivity index (χ2n) is 1.66. The standard InChI is InChI=1S/C6H11NO2S/c1-7-6(9)2-4-10-5-3-8/h3H,2,4-5H2,1H3,(H,7,9). The molecule has 0 rings (SSSR count). The number of carbonyl (C=O) groups excluding carboxylic acids is 2. The third kappa shape index (κ3) is 5.62. The van der Waals surface area contributed by atoms with Crippen LogP contribution in [-0.2, 0) is 9.59 Å². The van der Waals surface area contributed by atoms with Crippen LogP contribution in [0.5, 0.6) is 0 Å². The van der Waals surface area contributed by atoms with Crippen LogP contribution in [0.3, 0.4) is 0 Å². The van der Waals surface area contributed by atoms with Crippen molar-refractivity contribution < 1.29 is 9.59 Å². The molecule has 0 bridgehead atoms. The molecule has 0 aromatic carbocycles. The van der Waals surface area contributed by atoms with Crippen LogP contribution in [0.2, 0.25) is 0 Å². The van der Waals surface area contributed by atoms with E-state index < -0.39 is 0 Å². The Labute approximate surface area is 64.6 Å². The zero-order valence-electron chi connectivity index (χ0n) is 5.92. The molecule has 0 saturated heterocycles. The topological polar surface area (TPSA) is 46.2 Å². The van der Waals surface area contributed by atoms with Gasteiger partial charge in [-0.15, -0.1) is 0 Å². The first kappa shape index (κ1) is 9.49. The predicted octanol–water partition coefficient (Wildman–Crippen LogP) is 0.0546. The molecule has 0 radical (unpaired) electrons. The zero-order valence-corrected chi connectivity index (χ0v) is 6.74. The fourth-order valence-electron chi connectivity index (χ4n) is 0.421. The molecule has 0 spiro atoms. The van der Waals surface area contributed by atoms with E-state index in [1.807, 2.05) is 0 Å². The first-order chi connectivity index (χ1) is 4.81. The molecule has 0 heterocycles. The van der Waals surface area contributed by atoms with E-state index in [2.05, 4.69) is 5.32 Å². The minimum Gasteiger partial charge on any atom is -0.359 e. The van der Waals surface area contributed by atoms with Crippen LogP contribution in [0, 0.1) is 0 Å². The number of aldehydes is 1. The fourth-order valence-corrected chi connectivity index (χ4v) is 1.01. The summed E-state index contributed by atoms with van der Waals surface area (Å²) in [5, 5.41) is 2.50. The van der Waals surface area contributed by atoms with Crippen LogP contribution >= 0.6 is 11.8 Å². The molecule has 1 N–H and O–H groups in total. The van der Waals surface area contributed by atoms with Crippen LogP contribution in [-0.4, -0.2) is 30.7 Å². The Hall–Kier alpha value is -0.510. The Bertz CT molecular complexity index is 116. The lowest BCUT2D eigenvalue weighted by molar-refractivity contribution is -0.120. The molecule has 0 aromatic heterocycles. The Balaban J connectivity index is 3.03. The largest absolute Gasteiger partial charge is 0.359 e. The Kier molecular flexibility index (Phi) is 6.27. The van der Waals surface area contributed by atoms with E-state index in [0.717, 1.165) is 12.0 Å². The predicted molar refractivity (Wildman–Crippen MR) is 42.1 cm³/mol. The van der Waals surface area contributed by atoms with Crippen LogP contribution in [0.25, 0.3) is 0 Å². The highest BCUT2D eigenvalue weighted by atomic mass is 32.2. The van der Waals surface area contributed by atoms with Gasteiger partial charge in [-0.05, 0) is 0 Å². The molecule has 58 valence electrons. The summed E-state index contributed by atoms with van der Waals surface area (Å²) in [6, 6.07) is 0. The van der Waals surface area contributed by atoms with Crippen molar-refractivity contribution >= 4 is 24.0 Å². The highest BCUT2D eigenvalue weighted by Crippen LogP contribution is 1.98. The first-order valence-corrected chi connectivity index (χ1v) is 4.18. The SMILES string of the molecule is CNC(=O)CCSCC=O. The second kappa shape index (κ2) is 6.61. The van der Waals surface area contributed by atoms with Crippen molar-refractivity contribution in [2.24, 2.45) is 0 Å². The summed E-state index contributed by atoms with van der Waals surface area (Å²) in [5.41, 5.74) is 0. The molecule has 4 heteroatoms. The lowest BCUT2D eigenvalue weighted by Gasteiger charge is -1.95. The number of amides is 1. The van der Waals surface area contributed by atoms with Gasteiger partial charge in [0.05, 0.1) is 0 Å². The maximum absolute atomic E-state index is 10.6. The Morgan fingerprint density at radius 1 is 1.70 bits per heavy atom. The van der Waals surface area contributed by atoms with Crippen molar-refractivity contribution in [2.45, 2.75) is 6.42 Å². The summed E-state index contributed by atoms with van der Waals surface area (Å²) in [4.78, 5) is 20.4. The summed E-state index contributed by atoms with van der Waals surface area (Å²) in [6.07, 6.45) is 1.34. The fraction of sp³-hybridized carbons (Fsp3) is 0.667. The van der Waals surface area contributed by atoms with Crippen molar-refractivity contribution in [3.05, 3.63) is 0 Å². The van der Waals surface area contributed by atoms with Gasteiger partial charge in [-0.25, -0.2) is 0 Å². The second-order valence-corrected chi connectivity index (χ2v) is 2.81. The van der Waals surface area contributed by atoms with E-state index in [4.69, 9.17) is 0 Å². The Morgan fingerprint density at radius 2 is 2.40 bits per heavy atom. The monoisotopic (exact) mass is 161 g/mol. The van der Waals surface area contributed by atoms with E-state index in [-0.39, 0.29) is 5.91 Å². The number of hydrogen-bond donors (Lipinski definition) is 1. The van der Waals surface area contributed by atoms with Crippen LogP contribution in [0.1, 0.15) is 6.42 Å². The lowest BCUT2D eigenvalue weighted by atomic mass is 10.5. The maximum Gasteiger partial charge on any atom is 0.220 e. The highest BCUT2D eigenvalue weighted by molar-refractivity contribution is 7.99. The van der Waals surface area contributed by atoms with Crippen molar-refractivity contribution in [2.75, 3.05) is 18.6 Å². The average Bonchev–Trinajstić information content (AvgIpc) is 1.98. The molecular weight excluding hydrogens is 150 g/mol. The number of rotatable bonds is 5. The van der Waals surface area contributed by atoms with Crippen molar-refractivity contribution in [1.29, 1.82) is 0 Å². The van der Waals surface area contributed by atoms with Crippen LogP contribution < -0.4 is 5.32 Å². The van der Waals surface area contributed by atoms with Gasteiger partial charge in [-0.3, -0.25) is 4.79 Å². The van der Waals surface area contributed by atoms with Crippen molar-refractivity contribution in [1.82, 2.24) is 5.32 Å². The van der Waals surface area contributed by atoms with E-state index in [1.165, 1.54) is 11.8 Å². The van der Waals surface area contributed by atoms with E-state index in [1.54, 1.807) is 7.05 Å². The van der Waals surface area contributed by atoms with E-state index in [9.17, 15) is 9.59 Å². The third-order valence-electron chi connectivity index (χ3n) is 0.938. The third-order valence-corrected chi connectivity index (χ3v) is 1.80. The molecule has 0 aliphatic heterocycles. The van der Waals surface area contributed by atoms with Crippen molar-refractivity contribution in [3.63, 3.8) is 0 Å². The van der Waals surface area contributed by atoms with Gasteiger partial charge in [-0.1, -0.05) is 0 Å². The van der Waals surface area contributed by atoms with Crippen molar-refractivity contribution in [3.8, 4) is 0 Å². The average molecular weight is 161 g/mol. The van der Waals surface area contributed by atoms with Crippen LogP contribution in [0.4, 0.5) is 0 Å². The molecule has 0 fully saturated rings. The molecule has 0 aliphatic rings. The maximum atomic E-state index is 10.6. The summed E-state index contributed by atoms with van der Waals surface area (Å²) in [6.45, 7) is 0. The lowest BCUT2D eigenvalue weighted by Crippen LogP contribution is -2.17. The minimum atomic E-state index is 0.0263. The number of nitrogens with one attached hydrogen (secondary N) is 1. The van der Waals surface area contributed by atoms with Gasteiger partial charge in [0.2, 0.25) is 5.91 Å². The molecule has 1 amide bonds. The van der Waals surface area contributed by atoms with Gasteiger partial charge in [-0.2, -0.15) is 11.8 Å². The highest BCUT2D eigenvalue weighted by Gasteiger charge is 1.95. The number of hydrogen-bond acceptors (Lipinski definition) is 3. The molecule has 0 saturated carbocycles. The summed E-state index contributed by atoms with van der Waals surface area (Å²) >= 11 is 1.47. The first-order valence-electron chi connectivity index (χ1n) is 3.03. The molecule has 0 aromatic rings. The zero-order chi connectivity index (χ0) is 7.82. The van der Waals surface area contributed by atoms with Crippen LogP contribution in [0.15, 0.2) is 0 Å².